The van der Waals surface area contributed by atoms with Crippen LogP contribution in [0.25, 0.3) is 11.8 Å². The molecule has 2 aliphatic rings. The van der Waals surface area contributed by atoms with Crippen LogP contribution in [0.2, 0.25) is 0 Å². The van der Waals surface area contributed by atoms with Gasteiger partial charge in [0.05, 0.1) is 35.7 Å². The summed E-state index contributed by atoms with van der Waals surface area (Å²) < 4.78 is 7.58. The highest BCUT2D eigenvalue weighted by Crippen LogP contribution is 2.34. The summed E-state index contributed by atoms with van der Waals surface area (Å²) in [6.45, 7) is 7.43. The van der Waals surface area contributed by atoms with Gasteiger partial charge >= 0.3 is 0 Å². The van der Waals surface area contributed by atoms with Crippen molar-refractivity contribution in [2.24, 2.45) is 4.99 Å². The van der Waals surface area contributed by atoms with Crippen molar-refractivity contribution in [2.45, 2.75) is 13.8 Å². The molecule has 0 N–H and O–H groups in total. The lowest BCUT2D eigenvalue weighted by atomic mass is 10.2. The molecule has 2 aromatic heterocycles. The van der Waals surface area contributed by atoms with E-state index in [1.165, 1.54) is 17.4 Å². The highest BCUT2D eigenvalue weighted by atomic mass is 32.2. The van der Waals surface area contributed by atoms with Crippen LogP contribution in [-0.2, 0) is 9.53 Å². The Bertz CT molecular complexity index is 1260. The first kappa shape index (κ1) is 22.4. The van der Waals surface area contributed by atoms with Crippen LogP contribution in [0.4, 0.5) is 11.4 Å². The molecule has 0 saturated carbocycles. The number of anilines is 1. The van der Waals surface area contributed by atoms with E-state index in [-0.39, 0.29) is 5.91 Å². The van der Waals surface area contributed by atoms with Crippen LogP contribution in [-0.4, -0.2) is 58.9 Å². The molecule has 0 bridgehead atoms. The summed E-state index contributed by atoms with van der Waals surface area (Å²) in [4.78, 5) is 26.5. The fourth-order valence-corrected chi connectivity index (χ4v) is 5.26. The van der Waals surface area contributed by atoms with Crippen molar-refractivity contribution < 1.29 is 9.53 Å². The molecule has 0 radical (unpaired) electrons. The largest absolute Gasteiger partial charge is 0.378 e. The molecule has 34 heavy (non-hydrogen) atoms. The number of amidine groups is 1. The minimum atomic E-state index is -0.0418. The minimum Gasteiger partial charge on any atom is -0.378 e. The number of benzene rings is 1. The van der Waals surface area contributed by atoms with Crippen molar-refractivity contribution in [3.63, 3.8) is 0 Å². The van der Waals surface area contributed by atoms with E-state index in [1.807, 2.05) is 36.5 Å². The number of aliphatic imine (C=N–C) groups is 1. The first-order valence-electron chi connectivity index (χ1n) is 11.3. The molecule has 3 aromatic rings. The molecule has 8 heteroatoms. The number of hydrogen-bond acceptors (Lipinski definition) is 6. The number of nitrogens with zero attached hydrogens (tertiary/aromatic N) is 5. The summed E-state index contributed by atoms with van der Waals surface area (Å²) in [5, 5.41) is 0.677. The van der Waals surface area contributed by atoms with Crippen molar-refractivity contribution in [3.8, 4) is 5.69 Å². The predicted molar refractivity (Wildman–Crippen MR) is 138 cm³/mol. The SMILES string of the molecule is Cc1cc(/C=C2\SC(=Nc3ccc(N4CCOCC4)cc3)N(C)C2=O)c(C)n1-c1cccnc1. The lowest BCUT2D eigenvalue weighted by Gasteiger charge is -2.28. The average molecular weight is 474 g/mol. The first-order chi connectivity index (χ1) is 16.5. The number of morpholine rings is 1. The van der Waals surface area contributed by atoms with Gasteiger partial charge in [0, 0.05) is 43.4 Å². The van der Waals surface area contributed by atoms with Crippen molar-refractivity contribution in [1.82, 2.24) is 14.5 Å². The summed E-state index contributed by atoms with van der Waals surface area (Å²) in [7, 11) is 1.77. The highest BCUT2D eigenvalue weighted by Gasteiger charge is 2.30. The maximum absolute atomic E-state index is 13.0. The maximum Gasteiger partial charge on any atom is 0.266 e. The number of amides is 1. The number of aromatic nitrogens is 2. The fraction of sp³-hybridized carbons (Fsp3) is 0.269. The Morgan fingerprint density at radius 1 is 1.09 bits per heavy atom. The topological polar surface area (TPSA) is 63.0 Å². The van der Waals surface area contributed by atoms with Crippen LogP contribution >= 0.6 is 11.8 Å². The summed E-state index contributed by atoms with van der Waals surface area (Å²) in [5.41, 5.74) is 6.18. The Labute approximate surface area is 203 Å². The Morgan fingerprint density at radius 3 is 2.56 bits per heavy atom. The van der Waals surface area contributed by atoms with Gasteiger partial charge in [-0.1, -0.05) is 0 Å². The standard InChI is InChI=1S/C26H27N5O2S/c1-18-15-20(19(2)31(18)23-5-4-10-27-17-23)16-24-25(32)29(3)26(34-24)28-21-6-8-22(9-7-21)30-11-13-33-14-12-30/h4-10,15-17H,11-14H2,1-3H3/b24-16-,28-26?. The zero-order valence-corrected chi connectivity index (χ0v) is 20.4. The lowest BCUT2D eigenvalue weighted by molar-refractivity contribution is -0.121. The summed E-state index contributed by atoms with van der Waals surface area (Å²) in [6.07, 6.45) is 5.57. The molecule has 2 saturated heterocycles. The van der Waals surface area contributed by atoms with E-state index in [0.717, 1.165) is 54.6 Å². The molecule has 2 fully saturated rings. The van der Waals surface area contributed by atoms with Gasteiger partial charge in [0.2, 0.25) is 0 Å². The normalized spacial score (nSPS) is 19.0. The third kappa shape index (κ3) is 4.38. The number of likely N-dealkylation sites (N-methyl/N-ethyl adjacent to an activating group) is 1. The molecule has 5 rings (SSSR count). The van der Waals surface area contributed by atoms with E-state index in [1.54, 1.807) is 18.1 Å². The molecule has 0 atom stereocenters. The van der Waals surface area contributed by atoms with Gasteiger partial charge in [0.1, 0.15) is 0 Å². The van der Waals surface area contributed by atoms with Crippen LogP contribution in [0.15, 0.2) is 64.8 Å². The third-order valence-electron chi connectivity index (χ3n) is 6.12. The summed E-state index contributed by atoms with van der Waals surface area (Å²) in [6, 6.07) is 14.2. The van der Waals surface area contributed by atoms with E-state index in [9.17, 15) is 4.79 Å². The van der Waals surface area contributed by atoms with Crippen molar-refractivity contribution in [3.05, 3.63) is 76.7 Å². The predicted octanol–water partition coefficient (Wildman–Crippen LogP) is 4.56. The first-order valence-corrected chi connectivity index (χ1v) is 12.1. The zero-order valence-electron chi connectivity index (χ0n) is 19.6. The maximum atomic E-state index is 13.0. The number of carbonyl (C=O) groups excluding carboxylic acids is 1. The Morgan fingerprint density at radius 2 is 1.85 bits per heavy atom. The molecule has 7 nitrogen and oxygen atoms in total. The Kier molecular flexibility index (Phi) is 6.26. The summed E-state index contributed by atoms with van der Waals surface area (Å²) in [5.74, 6) is -0.0418. The fourth-order valence-electron chi connectivity index (χ4n) is 4.28. The summed E-state index contributed by atoms with van der Waals surface area (Å²) >= 11 is 1.41. The molecular weight excluding hydrogens is 446 g/mol. The molecule has 0 aliphatic carbocycles. The molecule has 0 unspecified atom stereocenters. The van der Waals surface area contributed by atoms with Crippen LogP contribution < -0.4 is 4.90 Å². The van der Waals surface area contributed by atoms with Gasteiger partial charge < -0.3 is 14.2 Å². The zero-order chi connectivity index (χ0) is 23.7. The van der Waals surface area contributed by atoms with Crippen molar-refractivity contribution in [2.75, 3.05) is 38.3 Å². The smallest absolute Gasteiger partial charge is 0.266 e. The Balaban J connectivity index is 1.38. The molecular formula is C26H27N5O2S. The second kappa shape index (κ2) is 9.48. The molecule has 1 amide bonds. The number of ether oxygens (including phenoxy) is 1. The number of carbonyl (C=O) groups is 1. The van der Waals surface area contributed by atoms with Crippen LogP contribution in [0.1, 0.15) is 17.0 Å². The highest BCUT2D eigenvalue weighted by molar-refractivity contribution is 8.18. The minimum absolute atomic E-state index is 0.0418. The van der Waals surface area contributed by atoms with E-state index in [0.29, 0.717) is 10.1 Å². The molecule has 4 heterocycles. The number of aryl methyl sites for hydroxylation is 1. The van der Waals surface area contributed by atoms with Gasteiger partial charge in [-0.3, -0.25) is 14.7 Å². The number of pyridine rings is 1. The second-order valence-electron chi connectivity index (χ2n) is 8.36. The third-order valence-corrected chi connectivity index (χ3v) is 7.18. The molecule has 174 valence electrons. The Hall–Kier alpha value is -3.36. The molecule has 1 aromatic carbocycles. The van der Waals surface area contributed by atoms with E-state index in [4.69, 9.17) is 9.73 Å². The average Bonchev–Trinajstić information content (AvgIpc) is 3.30. The monoisotopic (exact) mass is 473 g/mol. The van der Waals surface area contributed by atoms with Gasteiger partial charge in [0.15, 0.2) is 5.17 Å². The van der Waals surface area contributed by atoms with Crippen LogP contribution in [0.3, 0.4) is 0 Å². The number of rotatable bonds is 4. The van der Waals surface area contributed by atoms with Gasteiger partial charge in [0.25, 0.3) is 5.91 Å². The van der Waals surface area contributed by atoms with Gasteiger partial charge in [-0.2, -0.15) is 0 Å². The van der Waals surface area contributed by atoms with E-state index >= 15 is 0 Å². The number of hydrogen-bond donors (Lipinski definition) is 0. The van der Waals surface area contributed by atoms with Crippen LogP contribution in [0, 0.1) is 13.8 Å². The number of thioether (sulfide) groups is 1. The van der Waals surface area contributed by atoms with E-state index in [2.05, 4.69) is 46.5 Å². The van der Waals surface area contributed by atoms with Crippen LogP contribution in [0.5, 0.6) is 0 Å². The lowest BCUT2D eigenvalue weighted by Crippen LogP contribution is -2.36. The van der Waals surface area contributed by atoms with E-state index < -0.39 is 0 Å². The second-order valence-corrected chi connectivity index (χ2v) is 9.37. The van der Waals surface area contributed by atoms with Gasteiger partial charge in [-0.25, -0.2) is 4.99 Å². The van der Waals surface area contributed by atoms with Gasteiger partial charge in [-0.05, 0) is 79.7 Å². The molecule has 0 spiro atoms. The quantitative estimate of drug-likeness (QED) is 0.520. The van der Waals surface area contributed by atoms with Crippen molar-refractivity contribution >= 4 is 40.3 Å². The van der Waals surface area contributed by atoms with Crippen molar-refractivity contribution in [1.29, 1.82) is 0 Å². The molecule has 2 aliphatic heterocycles. The van der Waals surface area contributed by atoms with Gasteiger partial charge in [-0.15, -0.1) is 0 Å².